The smallest absolute Gasteiger partial charge is 0.133 e. The molecule has 0 aromatic rings. The fourth-order valence-corrected chi connectivity index (χ4v) is 4.15. The number of rotatable bonds is 1. The highest BCUT2D eigenvalue weighted by Crippen LogP contribution is 2.65. The molecule has 1 nitrogen and oxygen atoms in total. The second-order valence-electron chi connectivity index (χ2n) is 6.30. The lowest BCUT2D eigenvalue weighted by molar-refractivity contribution is -0.161. The predicted octanol–water partition coefficient (Wildman–Crippen LogP) is 3.43. The minimum atomic E-state index is 0.341. The van der Waals surface area contributed by atoms with Gasteiger partial charge in [0.2, 0.25) is 0 Å². The van der Waals surface area contributed by atoms with Crippen molar-refractivity contribution in [3.8, 4) is 0 Å². The van der Waals surface area contributed by atoms with E-state index in [1.54, 1.807) is 6.92 Å². The first-order valence-electron chi connectivity index (χ1n) is 5.88. The number of carbonyl (C=O) groups excluding carboxylic acids is 1. The molecule has 0 aliphatic heterocycles. The largest absolute Gasteiger partial charge is 0.300 e. The molecule has 3 unspecified atom stereocenters. The molecule has 2 aliphatic carbocycles. The Kier molecular flexibility index (Phi) is 2.06. The molecule has 0 radical (unpaired) electrons. The molecular formula is C13H22O. The third-order valence-corrected chi connectivity index (χ3v) is 5.03. The fourth-order valence-electron chi connectivity index (χ4n) is 4.15. The standard InChI is InChI=1S/C13H22O/c1-9(14)10-8-11-12(2,3)6-5-7-13(10,11)4/h10-11H,5-8H2,1-4H3. The van der Waals surface area contributed by atoms with E-state index in [0.717, 1.165) is 12.3 Å². The van der Waals surface area contributed by atoms with Crippen molar-refractivity contribution in [3.63, 3.8) is 0 Å². The van der Waals surface area contributed by atoms with Crippen molar-refractivity contribution < 1.29 is 4.79 Å². The summed E-state index contributed by atoms with van der Waals surface area (Å²) < 4.78 is 0. The Morgan fingerprint density at radius 2 is 1.86 bits per heavy atom. The van der Waals surface area contributed by atoms with Crippen molar-refractivity contribution in [1.29, 1.82) is 0 Å². The number of hydrogen-bond acceptors (Lipinski definition) is 1. The van der Waals surface area contributed by atoms with Gasteiger partial charge in [-0.1, -0.05) is 27.2 Å². The second kappa shape index (κ2) is 2.84. The highest BCUT2D eigenvalue weighted by atomic mass is 16.1. The molecule has 0 bridgehead atoms. The van der Waals surface area contributed by atoms with Crippen LogP contribution in [0.4, 0.5) is 0 Å². The van der Waals surface area contributed by atoms with E-state index in [1.807, 2.05) is 0 Å². The van der Waals surface area contributed by atoms with E-state index in [-0.39, 0.29) is 0 Å². The summed E-state index contributed by atoms with van der Waals surface area (Å²) in [5, 5.41) is 0. The van der Waals surface area contributed by atoms with Gasteiger partial charge in [-0.2, -0.15) is 0 Å². The van der Waals surface area contributed by atoms with Crippen molar-refractivity contribution in [2.45, 2.75) is 53.4 Å². The highest BCUT2D eigenvalue weighted by molar-refractivity contribution is 5.80. The van der Waals surface area contributed by atoms with Gasteiger partial charge in [0.15, 0.2) is 0 Å². The van der Waals surface area contributed by atoms with Gasteiger partial charge in [-0.3, -0.25) is 4.79 Å². The Morgan fingerprint density at radius 1 is 1.21 bits per heavy atom. The molecule has 0 saturated heterocycles. The van der Waals surface area contributed by atoms with Crippen LogP contribution in [-0.2, 0) is 4.79 Å². The Hall–Kier alpha value is -0.330. The van der Waals surface area contributed by atoms with Crippen molar-refractivity contribution in [2.75, 3.05) is 0 Å². The number of hydrogen-bond donors (Lipinski definition) is 0. The van der Waals surface area contributed by atoms with Crippen LogP contribution in [0.5, 0.6) is 0 Å². The number of fused-ring (bicyclic) bond motifs is 1. The van der Waals surface area contributed by atoms with Gasteiger partial charge in [-0.05, 0) is 42.9 Å². The molecule has 0 N–H and O–H groups in total. The lowest BCUT2D eigenvalue weighted by atomic mass is 9.41. The number of Topliss-reactive ketones (excluding diaryl/α,β-unsaturated/α-hetero) is 1. The summed E-state index contributed by atoms with van der Waals surface area (Å²) in [5.74, 6) is 1.58. The van der Waals surface area contributed by atoms with Gasteiger partial charge in [-0.15, -0.1) is 0 Å². The van der Waals surface area contributed by atoms with E-state index >= 15 is 0 Å². The van der Waals surface area contributed by atoms with Gasteiger partial charge in [0, 0.05) is 5.92 Å². The van der Waals surface area contributed by atoms with Crippen LogP contribution in [0.25, 0.3) is 0 Å². The van der Waals surface area contributed by atoms with E-state index < -0.39 is 0 Å². The quantitative estimate of drug-likeness (QED) is 0.625. The summed E-state index contributed by atoms with van der Waals surface area (Å²) in [4.78, 5) is 11.5. The maximum Gasteiger partial charge on any atom is 0.133 e. The van der Waals surface area contributed by atoms with E-state index in [0.29, 0.717) is 22.5 Å². The molecule has 1 heteroatoms. The molecule has 0 amide bonds. The van der Waals surface area contributed by atoms with Crippen molar-refractivity contribution in [2.24, 2.45) is 22.7 Å². The SMILES string of the molecule is CC(=O)C1CC2C(C)(C)CCCC12C. The zero-order chi connectivity index (χ0) is 10.6. The highest BCUT2D eigenvalue weighted by Gasteiger charge is 2.59. The second-order valence-corrected chi connectivity index (χ2v) is 6.30. The summed E-state index contributed by atoms with van der Waals surface area (Å²) in [7, 11) is 0. The summed E-state index contributed by atoms with van der Waals surface area (Å²) in [6.45, 7) is 8.87. The Labute approximate surface area is 87.3 Å². The van der Waals surface area contributed by atoms with E-state index in [2.05, 4.69) is 20.8 Å². The van der Waals surface area contributed by atoms with Crippen molar-refractivity contribution in [1.82, 2.24) is 0 Å². The molecular weight excluding hydrogens is 172 g/mol. The normalized spacial score (nSPS) is 45.1. The average molecular weight is 194 g/mol. The Morgan fingerprint density at radius 3 is 2.43 bits per heavy atom. The van der Waals surface area contributed by atoms with Crippen LogP contribution in [0, 0.1) is 22.7 Å². The van der Waals surface area contributed by atoms with Gasteiger partial charge in [0.1, 0.15) is 5.78 Å². The van der Waals surface area contributed by atoms with Gasteiger partial charge in [-0.25, -0.2) is 0 Å². The van der Waals surface area contributed by atoms with Gasteiger partial charge in [0.05, 0.1) is 0 Å². The first-order chi connectivity index (χ1) is 6.38. The van der Waals surface area contributed by atoms with Gasteiger partial charge in [0.25, 0.3) is 0 Å². The van der Waals surface area contributed by atoms with Crippen LogP contribution in [0.1, 0.15) is 53.4 Å². The Bertz CT molecular complexity index is 266. The van der Waals surface area contributed by atoms with Crippen molar-refractivity contribution >= 4 is 5.78 Å². The molecule has 2 rings (SSSR count). The molecule has 2 fully saturated rings. The molecule has 3 atom stereocenters. The zero-order valence-corrected chi connectivity index (χ0v) is 9.89. The minimum Gasteiger partial charge on any atom is -0.300 e. The van der Waals surface area contributed by atoms with Crippen LogP contribution in [-0.4, -0.2) is 5.78 Å². The van der Waals surface area contributed by atoms with Crippen LogP contribution >= 0.6 is 0 Å². The lowest BCUT2D eigenvalue weighted by Gasteiger charge is -2.62. The third-order valence-electron chi connectivity index (χ3n) is 5.03. The molecule has 2 aliphatic rings. The zero-order valence-electron chi connectivity index (χ0n) is 9.89. The Balaban J connectivity index is 2.21. The van der Waals surface area contributed by atoms with E-state index in [9.17, 15) is 4.79 Å². The van der Waals surface area contributed by atoms with Crippen LogP contribution in [0.15, 0.2) is 0 Å². The maximum absolute atomic E-state index is 11.5. The number of carbonyl (C=O) groups is 1. The lowest BCUT2D eigenvalue weighted by Crippen LogP contribution is -2.57. The predicted molar refractivity (Wildman–Crippen MR) is 58.0 cm³/mol. The topological polar surface area (TPSA) is 17.1 Å². The monoisotopic (exact) mass is 194 g/mol. The van der Waals surface area contributed by atoms with Crippen LogP contribution in [0.2, 0.25) is 0 Å². The summed E-state index contributed by atoms with van der Waals surface area (Å²) in [5.41, 5.74) is 0.812. The molecule has 0 spiro atoms. The molecule has 0 heterocycles. The summed E-state index contributed by atoms with van der Waals surface area (Å²) in [6.07, 6.45) is 5.08. The average Bonchev–Trinajstić information content (AvgIpc) is 1.98. The minimum absolute atomic E-state index is 0.341. The molecule has 2 saturated carbocycles. The van der Waals surface area contributed by atoms with Gasteiger partial charge < -0.3 is 0 Å². The van der Waals surface area contributed by atoms with Crippen molar-refractivity contribution in [3.05, 3.63) is 0 Å². The fraction of sp³-hybridized carbons (Fsp3) is 0.923. The summed E-state index contributed by atoms with van der Waals surface area (Å²) in [6, 6.07) is 0. The summed E-state index contributed by atoms with van der Waals surface area (Å²) >= 11 is 0. The molecule has 0 aromatic heterocycles. The number of ketones is 1. The van der Waals surface area contributed by atoms with Gasteiger partial charge >= 0.3 is 0 Å². The maximum atomic E-state index is 11.5. The third kappa shape index (κ3) is 1.17. The van der Waals surface area contributed by atoms with E-state index in [1.165, 1.54) is 19.3 Å². The van der Waals surface area contributed by atoms with Crippen LogP contribution < -0.4 is 0 Å². The molecule has 14 heavy (non-hydrogen) atoms. The molecule has 80 valence electrons. The first kappa shape index (κ1) is 10.2. The first-order valence-corrected chi connectivity index (χ1v) is 5.88. The van der Waals surface area contributed by atoms with E-state index in [4.69, 9.17) is 0 Å². The van der Waals surface area contributed by atoms with Crippen LogP contribution in [0.3, 0.4) is 0 Å². The molecule has 0 aromatic carbocycles.